The van der Waals surface area contributed by atoms with Crippen LogP contribution in [0.1, 0.15) is 0 Å². The Balaban J connectivity index is 2.59. The highest BCUT2D eigenvalue weighted by atomic mass is 35.5. The zero-order valence-corrected chi connectivity index (χ0v) is 10.1. The Kier molecular flexibility index (Phi) is 4.52. The smallest absolute Gasteiger partial charge is 0.198 e. The monoisotopic (exact) mass is 241 g/mol. The summed E-state index contributed by atoms with van der Waals surface area (Å²) in [5, 5.41) is 4.03. The van der Waals surface area contributed by atoms with Crippen LogP contribution in [0, 0.1) is 0 Å². The zero-order chi connectivity index (χ0) is 11.3. The molecule has 1 rings (SSSR count). The van der Waals surface area contributed by atoms with E-state index >= 15 is 0 Å². The Labute approximate surface area is 99.8 Å². The van der Waals surface area contributed by atoms with E-state index in [1.165, 1.54) is 0 Å². The summed E-state index contributed by atoms with van der Waals surface area (Å²) in [6.45, 7) is 0. The van der Waals surface area contributed by atoms with E-state index < -0.39 is 0 Å². The van der Waals surface area contributed by atoms with Gasteiger partial charge in [-0.05, 0) is 30.4 Å². The predicted molar refractivity (Wildman–Crippen MR) is 69.9 cm³/mol. The molecule has 0 aliphatic heterocycles. The average molecular weight is 242 g/mol. The number of nitrogens with zero attached hydrogens (tertiary/aromatic N) is 2. The van der Waals surface area contributed by atoms with E-state index in [1.807, 2.05) is 31.1 Å². The maximum Gasteiger partial charge on any atom is 0.198 e. The van der Waals surface area contributed by atoms with Crippen molar-refractivity contribution in [2.75, 3.05) is 19.4 Å². The van der Waals surface area contributed by atoms with Crippen molar-refractivity contribution in [1.82, 2.24) is 4.90 Å². The van der Waals surface area contributed by atoms with Crippen molar-refractivity contribution in [2.24, 2.45) is 4.99 Å². The molecule has 80 valence electrons. The van der Waals surface area contributed by atoms with Gasteiger partial charge in [-0.1, -0.05) is 17.7 Å². The normalized spacial score (nSPS) is 10.3. The first-order valence-corrected chi connectivity index (χ1v) is 5.14. The van der Waals surface area contributed by atoms with Gasteiger partial charge < -0.3 is 10.2 Å². The lowest BCUT2D eigenvalue weighted by Gasteiger charge is -2.05. The molecule has 0 atom stereocenters. The van der Waals surface area contributed by atoms with Gasteiger partial charge in [0.2, 0.25) is 0 Å². The topological polar surface area (TPSA) is 27.6 Å². The van der Waals surface area contributed by atoms with Crippen LogP contribution in [-0.4, -0.2) is 30.4 Å². The number of nitrogens with one attached hydrogen (secondary N) is 1. The van der Waals surface area contributed by atoms with E-state index in [0.717, 1.165) is 5.69 Å². The molecular weight excluding hydrogens is 230 g/mol. The number of rotatable bonds is 2. The molecule has 1 aromatic carbocycles. The fourth-order valence-electron chi connectivity index (χ4n) is 0.890. The molecular formula is C10H12ClN3S. The molecule has 0 unspecified atom stereocenters. The van der Waals surface area contributed by atoms with Crippen LogP contribution in [0.15, 0.2) is 29.3 Å². The summed E-state index contributed by atoms with van der Waals surface area (Å²) in [5.74, 6) is 0. The van der Waals surface area contributed by atoms with E-state index in [4.69, 9.17) is 23.8 Å². The van der Waals surface area contributed by atoms with Crippen molar-refractivity contribution in [2.45, 2.75) is 0 Å². The largest absolute Gasteiger partial charge is 0.369 e. The molecule has 0 aliphatic carbocycles. The second kappa shape index (κ2) is 5.68. The summed E-state index contributed by atoms with van der Waals surface area (Å²) >= 11 is 10.8. The molecule has 5 heteroatoms. The molecule has 0 saturated carbocycles. The number of aliphatic imine (C=N–C) groups is 1. The van der Waals surface area contributed by atoms with Gasteiger partial charge in [-0.25, -0.2) is 4.99 Å². The fraction of sp³-hybridized carbons (Fsp3) is 0.200. The van der Waals surface area contributed by atoms with Gasteiger partial charge in [0.15, 0.2) is 5.11 Å². The van der Waals surface area contributed by atoms with E-state index in [1.54, 1.807) is 18.5 Å². The Hall–Kier alpha value is -1.13. The molecule has 0 spiro atoms. The van der Waals surface area contributed by atoms with Gasteiger partial charge >= 0.3 is 0 Å². The van der Waals surface area contributed by atoms with E-state index in [2.05, 4.69) is 10.3 Å². The van der Waals surface area contributed by atoms with Crippen LogP contribution >= 0.6 is 23.8 Å². The Morgan fingerprint density at radius 3 is 2.87 bits per heavy atom. The zero-order valence-electron chi connectivity index (χ0n) is 8.57. The summed E-state index contributed by atoms with van der Waals surface area (Å²) in [5.41, 5.74) is 0.836. The van der Waals surface area contributed by atoms with Gasteiger partial charge in [0.05, 0.1) is 6.34 Å². The van der Waals surface area contributed by atoms with Crippen LogP contribution < -0.4 is 5.32 Å². The highest BCUT2D eigenvalue weighted by Gasteiger charge is 1.95. The molecule has 0 fully saturated rings. The molecule has 1 aromatic rings. The fourth-order valence-corrected chi connectivity index (χ4v) is 1.25. The van der Waals surface area contributed by atoms with Gasteiger partial charge in [-0.3, -0.25) is 0 Å². The first-order valence-electron chi connectivity index (χ1n) is 4.35. The van der Waals surface area contributed by atoms with E-state index in [0.29, 0.717) is 10.1 Å². The highest BCUT2D eigenvalue weighted by molar-refractivity contribution is 7.80. The van der Waals surface area contributed by atoms with Crippen molar-refractivity contribution in [1.29, 1.82) is 0 Å². The predicted octanol–water partition coefficient (Wildman–Crippen LogP) is 2.63. The van der Waals surface area contributed by atoms with E-state index in [9.17, 15) is 0 Å². The SMILES string of the molecule is CN(C)/C=N/C(=S)Nc1cccc(Cl)c1. The van der Waals surface area contributed by atoms with Crippen LogP contribution in [0.2, 0.25) is 5.02 Å². The van der Waals surface area contributed by atoms with Gasteiger partial charge in [-0.15, -0.1) is 0 Å². The third-order valence-corrected chi connectivity index (χ3v) is 1.92. The quantitative estimate of drug-likeness (QED) is 0.490. The molecule has 0 heterocycles. The van der Waals surface area contributed by atoms with Gasteiger partial charge in [0, 0.05) is 24.8 Å². The van der Waals surface area contributed by atoms with Gasteiger partial charge in [0.25, 0.3) is 0 Å². The number of anilines is 1. The summed E-state index contributed by atoms with van der Waals surface area (Å²) in [6.07, 6.45) is 1.64. The summed E-state index contributed by atoms with van der Waals surface area (Å²) < 4.78 is 0. The number of thiocarbonyl (C=S) groups is 1. The van der Waals surface area contributed by atoms with Crippen LogP contribution in [0.3, 0.4) is 0 Å². The van der Waals surface area contributed by atoms with Gasteiger partial charge in [0.1, 0.15) is 0 Å². The number of hydrogen-bond donors (Lipinski definition) is 1. The lowest BCUT2D eigenvalue weighted by atomic mass is 10.3. The average Bonchev–Trinajstić information content (AvgIpc) is 2.15. The lowest BCUT2D eigenvalue weighted by Crippen LogP contribution is -2.12. The third-order valence-electron chi connectivity index (χ3n) is 1.48. The molecule has 0 radical (unpaired) electrons. The summed E-state index contributed by atoms with van der Waals surface area (Å²) in [7, 11) is 3.76. The minimum Gasteiger partial charge on any atom is -0.369 e. The van der Waals surface area contributed by atoms with E-state index in [-0.39, 0.29) is 0 Å². The maximum atomic E-state index is 5.83. The maximum absolute atomic E-state index is 5.83. The highest BCUT2D eigenvalue weighted by Crippen LogP contribution is 2.14. The summed E-state index contributed by atoms with van der Waals surface area (Å²) in [4.78, 5) is 5.84. The number of benzene rings is 1. The number of halogens is 1. The standard InChI is InChI=1S/C10H12ClN3S/c1-14(2)7-12-10(15)13-9-5-3-4-8(11)6-9/h3-7H,1-2H3,(H,13,15)/b12-7+. The molecule has 15 heavy (non-hydrogen) atoms. The Bertz CT molecular complexity index is 377. The van der Waals surface area contributed by atoms with Crippen LogP contribution in [0.25, 0.3) is 0 Å². The minimum atomic E-state index is 0.408. The second-order valence-electron chi connectivity index (χ2n) is 3.15. The molecule has 0 amide bonds. The van der Waals surface area contributed by atoms with Crippen molar-refractivity contribution < 1.29 is 0 Å². The van der Waals surface area contributed by atoms with Crippen molar-refractivity contribution in [3.05, 3.63) is 29.3 Å². The van der Waals surface area contributed by atoms with Crippen molar-refractivity contribution in [3.8, 4) is 0 Å². The third kappa shape index (κ3) is 4.76. The number of hydrogen-bond acceptors (Lipinski definition) is 1. The van der Waals surface area contributed by atoms with Crippen LogP contribution in [-0.2, 0) is 0 Å². The molecule has 0 aliphatic rings. The molecule has 0 saturated heterocycles. The first kappa shape index (κ1) is 11.9. The van der Waals surface area contributed by atoms with Crippen LogP contribution in [0.4, 0.5) is 5.69 Å². The molecule has 0 bridgehead atoms. The van der Waals surface area contributed by atoms with Crippen molar-refractivity contribution in [3.63, 3.8) is 0 Å². The van der Waals surface area contributed by atoms with Crippen LogP contribution in [0.5, 0.6) is 0 Å². The Morgan fingerprint density at radius 1 is 1.53 bits per heavy atom. The lowest BCUT2D eigenvalue weighted by molar-refractivity contribution is 0.644. The first-order chi connectivity index (χ1) is 7.08. The second-order valence-corrected chi connectivity index (χ2v) is 3.97. The molecule has 0 aromatic heterocycles. The Morgan fingerprint density at radius 2 is 2.27 bits per heavy atom. The van der Waals surface area contributed by atoms with Gasteiger partial charge in [-0.2, -0.15) is 0 Å². The van der Waals surface area contributed by atoms with Crippen molar-refractivity contribution >= 4 is 41.0 Å². The molecule has 1 N–H and O–H groups in total. The summed E-state index contributed by atoms with van der Waals surface area (Å²) in [6, 6.07) is 7.32. The minimum absolute atomic E-state index is 0.408. The molecule has 3 nitrogen and oxygen atoms in total.